The summed E-state index contributed by atoms with van der Waals surface area (Å²) in [5.41, 5.74) is 8.52. The molecule has 11 nitrogen and oxygen atoms in total. The van der Waals surface area contributed by atoms with E-state index in [0.717, 1.165) is 83.5 Å². The zero-order valence-corrected chi connectivity index (χ0v) is 25.6. The largest absolute Gasteiger partial charge is 0.463 e. The van der Waals surface area contributed by atoms with Gasteiger partial charge in [-0.3, -0.25) is 4.90 Å². The molecule has 1 spiro atoms. The van der Waals surface area contributed by atoms with Crippen molar-refractivity contribution in [1.29, 1.82) is 10.5 Å². The van der Waals surface area contributed by atoms with Gasteiger partial charge in [0.2, 0.25) is 0 Å². The van der Waals surface area contributed by atoms with Gasteiger partial charge < -0.3 is 30.3 Å². The Hall–Kier alpha value is -3.16. The molecule has 12 heteroatoms. The maximum Gasteiger partial charge on any atom is 0.320 e. The molecule has 3 N–H and O–H groups in total. The second kappa shape index (κ2) is 10.2. The van der Waals surface area contributed by atoms with Crippen LogP contribution in [0.3, 0.4) is 0 Å². The Morgan fingerprint density at radius 1 is 1.07 bits per heavy atom. The van der Waals surface area contributed by atoms with Gasteiger partial charge in [-0.15, -0.1) is 11.3 Å². The summed E-state index contributed by atoms with van der Waals surface area (Å²) < 4.78 is 12.1. The number of aromatic nitrogens is 2. The Bertz CT molecular complexity index is 1510. The number of nitrogens with one attached hydrogen (secondary N) is 1. The van der Waals surface area contributed by atoms with Crippen LogP contribution in [0, 0.1) is 28.1 Å². The fraction of sp³-hybridized carbons (Fsp3) is 0.677. The minimum absolute atomic E-state index is 0.116. The molecule has 226 valence electrons. The molecule has 0 aromatic carbocycles. The molecule has 4 aliphatic heterocycles. The second-order valence-corrected chi connectivity index (χ2v) is 14.9. The van der Waals surface area contributed by atoms with Crippen LogP contribution in [0.25, 0.3) is 0 Å². The number of morpholine rings is 1. The van der Waals surface area contributed by atoms with Gasteiger partial charge in [0.25, 0.3) is 0 Å². The fourth-order valence-corrected chi connectivity index (χ4v) is 9.29. The van der Waals surface area contributed by atoms with Crippen molar-refractivity contribution in [3.63, 3.8) is 0 Å². The molecule has 3 atom stereocenters. The Morgan fingerprint density at radius 2 is 1.79 bits per heavy atom. The van der Waals surface area contributed by atoms with Crippen LogP contribution >= 0.6 is 11.3 Å². The van der Waals surface area contributed by atoms with E-state index in [1.165, 1.54) is 4.88 Å². The minimum atomic E-state index is -0.117. The zero-order chi connectivity index (χ0) is 29.3. The van der Waals surface area contributed by atoms with Crippen LogP contribution in [0.1, 0.15) is 60.6 Å². The van der Waals surface area contributed by atoms with E-state index in [1.54, 1.807) is 11.3 Å². The van der Waals surface area contributed by atoms with Gasteiger partial charge in [0.1, 0.15) is 22.7 Å². The molecule has 2 aromatic heterocycles. The van der Waals surface area contributed by atoms with Crippen LogP contribution in [0.2, 0.25) is 0 Å². The highest BCUT2D eigenvalue weighted by molar-refractivity contribution is 7.16. The molecule has 2 bridgehead atoms. The number of nitrogens with zero attached hydrogens (tertiary/aromatic N) is 7. The van der Waals surface area contributed by atoms with Crippen LogP contribution in [0.4, 0.5) is 16.6 Å². The number of aryl methyl sites for hydroxylation is 1. The Balaban J connectivity index is 1.08. The third-order valence-corrected chi connectivity index (χ3v) is 11.8. The summed E-state index contributed by atoms with van der Waals surface area (Å²) >= 11 is 1.56. The molecule has 8 rings (SSSR count). The second-order valence-electron chi connectivity index (χ2n) is 13.8. The average Bonchev–Trinajstić information content (AvgIpc) is 3.37. The van der Waals surface area contributed by atoms with Gasteiger partial charge in [-0.05, 0) is 51.0 Å². The van der Waals surface area contributed by atoms with E-state index in [0.29, 0.717) is 71.6 Å². The lowest BCUT2D eigenvalue weighted by atomic mass is 9.74. The van der Waals surface area contributed by atoms with Gasteiger partial charge in [-0.25, -0.2) is 0 Å². The van der Waals surface area contributed by atoms with Gasteiger partial charge in [0.15, 0.2) is 11.6 Å². The number of nitrogen functional groups attached to an aromatic ring is 1. The maximum absolute atomic E-state index is 10.5. The standard InChI is InChI=1S/C31H39N9O2S/c1-19-14-41-9-8-38(19)15-30(6-7-30)18-42-29-36-27(39-12-20-2-3-21(13-39)35-20)23(11-33)28(37-29)40-16-31(17-40)5-4-24-25(31)22(10-32)26(34)43-24/h19-21,35H,2-9,12-18,34H2,1H3/t19-,20-,21?/m0/s1. The number of nitrogens with two attached hydrogens (primary N) is 1. The highest BCUT2D eigenvalue weighted by Gasteiger charge is 2.52. The van der Waals surface area contributed by atoms with Crippen molar-refractivity contribution in [3.8, 4) is 18.1 Å². The lowest BCUT2D eigenvalue weighted by Gasteiger charge is -2.49. The molecule has 1 unspecified atom stereocenters. The topological polar surface area (TPSA) is 140 Å². The molecule has 0 amide bonds. The molecule has 6 aliphatic rings. The van der Waals surface area contributed by atoms with E-state index in [4.69, 9.17) is 25.2 Å². The number of rotatable bonds is 7. The number of ether oxygens (including phenoxy) is 2. The summed E-state index contributed by atoms with van der Waals surface area (Å²) in [7, 11) is 0. The Morgan fingerprint density at radius 3 is 2.47 bits per heavy atom. The third-order valence-electron chi connectivity index (χ3n) is 10.8. The Kier molecular flexibility index (Phi) is 6.50. The molecular formula is C31H39N9O2S. The maximum atomic E-state index is 10.5. The van der Waals surface area contributed by atoms with Crippen molar-refractivity contribution in [1.82, 2.24) is 20.2 Å². The first-order chi connectivity index (χ1) is 20.9. The van der Waals surface area contributed by atoms with Crippen LogP contribution in [-0.2, 0) is 16.6 Å². The van der Waals surface area contributed by atoms with Crippen molar-refractivity contribution >= 4 is 28.0 Å². The van der Waals surface area contributed by atoms with Crippen molar-refractivity contribution in [2.24, 2.45) is 5.41 Å². The number of hydrogen-bond acceptors (Lipinski definition) is 12. The quantitative estimate of drug-likeness (QED) is 0.484. The predicted octanol–water partition coefficient (Wildman–Crippen LogP) is 2.39. The van der Waals surface area contributed by atoms with Crippen LogP contribution in [0.5, 0.6) is 6.01 Å². The van der Waals surface area contributed by atoms with Crippen molar-refractivity contribution in [2.75, 3.05) is 74.6 Å². The Labute approximate surface area is 256 Å². The lowest BCUT2D eigenvalue weighted by Crippen LogP contribution is -2.59. The molecule has 43 heavy (non-hydrogen) atoms. The first-order valence-corrected chi connectivity index (χ1v) is 16.6. The molecule has 2 aliphatic carbocycles. The fourth-order valence-electron chi connectivity index (χ4n) is 8.15. The highest BCUT2D eigenvalue weighted by atomic mass is 32.1. The first-order valence-electron chi connectivity index (χ1n) is 15.7. The minimum Gasteiger partial charge on any atom is -0.463 e. The SMILES string of the molecule is C[C@H]1COCCN1CC1(COc2nc(N3CC4CC[C@@H](C3)N4)c(C#N)c(N3CC4(CCc5sc(N)c(C#N)c54)C3)n2)CC1. The van der Waals surface area contributed by atoms with Gasteiger partial charge in [0, 0.05) is 73.1 Å². The van der Waals surface area contributed by atoms with Crippen LogP contribution in [0.15, 0.2) is 0 Å². The molecule has 1 saturated carbocycles. The number of fused-ring (bicyclic) bond motifs is 4. The number of thiophene rings is 1. The van der Waals surface area contributed by atoms with E-state index >= 15 is 0 Å². The number of nitriles is 2. The van der Waals surface area contributed by atoms with E-state index < -0.39 is 0 Å². The summed E-state index contributed by atoms with van der Waals surface area (Å²) in [5, 5.41) is 24.7. The van der Waals surface area contributed by atoms with E-state index in [1.807, 2.05) is 0 Å². The molecular weight excluding hydrogens is 562 g/mol. The van der Waals surface area contributed by atoms with Crippen LogP contribution in [-0.4, -0.2) is 92.1 Å². The summed E-state index contributed by atoms with van der Waals surface area (Å²) in [6, 6.07) is 6.45. The summed E-state index contributed by atoms with van der Waals surface area (Å²) in [6.07, 6.45) is 6.50. The van der Waals surface area contributed by atoms with Gasteiger partial charge in [0.05, 0.1) is 25.4 Å². The molecule has 0 radical (unpaired) electrons. The summed E-state index contributed by atoms with van der Waals surface area (Å²) in [6.45, 7) is 9.39. The number of piperazine rings is 1. The molecule has 4 saturated heterocycles. The zero-order valence-electron chi connectivity index (χ0n) is 24.8. The number of hydrogen-bond donors (Lipinski definition) is 2. The van der Waals surface area contributed by atoms with E-state index in [-0.39, 0.29) is 10.8 Å². The average molecular weight is 602 g/mol. The van der Waals surface area contributed by atoms with E-state index in [9.17, 15) is 10.5 Å². The summed E-state index contributed by atoms with van der Waals surface area (Å²) in [5.74, 6) is 1.35. The molecule has 5 fully saturated rings. The highest BCUT2D eigenvalue weighted by Crippen LogP contribution is 2.53. The molecule has 2 aromatic rings. The summed E-state index contributed by atoms with van der Waals surface area (Å²) in [4.78, 5) is 18.1. The smallest absolute Gasteiger partial charge is 0.320 e. The lowest BCUT2D eigenvalue weighted by molar-refractivity contribution is -0.0135. The monoisotopic (exact) mass is 601 g/mol. The first kappa shape index (κ1) is 27.4. The van der Waals surface area contributed by atoms with Crippen molar-refractivity contribution in [3.05, 3.63) is 21.6 Å². The van der Waals surface area contributed by atoms with Gasteiger partial charge in [-0.1, -0.05) is 0 Å². The van der Waals surface area contributed by atoms with Gasteiger partial charge >= 0.3 is 6.01 Å². The number of anilines is 3. The van der Waals surface area contributed by atoms with Crippen molar-refractivity contribution in [2.45, 2.75) is 69.0 Å². The normalized spacial score (nSPS) is 28.3. The third kappa shape index (κ3) is 4.62. The predicted molar refractivity (Wildman–Crippen MR) is 164 cm³/mol. The molecule has 6 heterocycles. The van der Waals surface area contributed by atoms with E-state index in [2.05, 4.69) is 39.1 Å². The van der Waals surface area contributed by atoms with Crippen LogP contribution < -0.4 is 25.6 Å². The van der Waals surface area contributed by atoms with Gasteiger partial charge in [-0.2, -0.15) is 20.5 Å². The van der Waals surface area contributed by atoms with Crippen molar-refractivity contribution < 1.29 is 9.47 Å².